The number of rotatable bonds is 12. The summed E-state index contributed by atoms with van der Waals surface area (Å²) in [6, 6.07) is 36.7. The van der Waals surface area contributed by atoms with E-state index in [2.05, 4.69) is 111 Å². The fourth-order valence-electron chi connectivity index (χ4n) is 6.50. The van der Waals surface area contributed by atoms with E-state index in [9.17, 15) is 0 Å². The summed E-state index contributed by atoms with van der Waals surface area (Å²) in [7, 11) is 0. The Morgan fingerprint density at radius 3 is 1.63 bits per heavy atom. The van der Waals surface area contributed by atoms with Crippen LogP contribution in [0.5, 0.6) is 0 Å². The highest BCUT2D eigenvalue weighted by atomic mass is 32.1. The number of hydrogen-bond acceptors (Lipinski definition) is 1. The highest BCUT2D eigenvalue weighted by molar-refractivity contribution is 7.18. The molecule has 6 rings (SSSR count). The summed E-state index contributed by atoms with van der Waals surface area (Å²) < 4.78 is 0. The van der Waals surface area contributed by atoms with E-state index < -0.39 is 0 Å². The average Bonchev–Trinajstić information content (AvgIpc) is 3.52. The summed E-state index contributed by atoms with van der Waals surface area (Å²) in [5, 5.41) is 8.50. The van der Waals surface area contributed by atoms with Crippen molar-refractivity contribution in [1.29, 1.82) is 0 Å². The van der Waals surface area contributed by atoms with Gasteiger partial charge < -0.3 is 0 Å². The molecule has 0 spiro atoms. The number of hydrogen-bond donors (Lipinski definition) is 0. The Hall–Kier alpha value is -3.42. The molecule has 208 valence electrons. The molecule has 0 nitrogen and oxygen atoms in total. The van der Waals surface area contributed by atoms with Gasteiger partial charge >= 0.3 is 0 Å². The molecule has 5 aromatic carbocycles. The van der Waals surface area contributed by atoms with Crippen LogP contribution in [0.25, 0.3) is 53.2 Å². The zero-order chi connectivity index (χ0) is 28.0. The van der Waals surface area contributed by atoms with E-state index >= 15 is 0 Å². The fourth-order valence-corrected chi connectivity index (χ4v) is 7.50. The first-order chi connectivity index (χ1) is 20.3. The van der Waals surface area contributed by atoms with Gasteiger partial charge in [-0.1, -0.05) is 125 Å². The van der Waals surface area contributed by atoms with E-state index in [1.807, 2.05) is 11.3 Å². The van der Waals surface area contributed by atoms with Crippen LogP contribution in [-0.4, -0.2) is 0 Å². The predicted molar refractivity (Wildman–Crippen MR) is 183 cm³/mol. The lowest BCUT2D eigenvalue weighted by Gasteiger charge is -2.18. The van der Waals surface area contributed by atoms with Crippen LogP contribution >= 0.6 is 11.3 Å². The maximum atomic E-state index is 2.52. The average molecular weight is 555 g/mol. The van der Waals surface area contributed by atoms with E-state index in [-0.39, 0.29) is 0 Å². The van der Waals surface area contributed by atoms with Gasteiger partial charge in [0.15, 0.2) is 0 Å². The van der Waals surface area contributed by atoms with Gasteiger partial charge in [0.2, 0.25) is 0 Å². The third kappa shape index (κ3) is 5.97. The second-order valence-electron chi connectivity index (χ2n) is 11.6. The van der Waals surface area contributed by atoms with Crippen molar-refractivity contribution < 1.29 is 0 Å². The summed E-state index contributed by atoms with van der Waals surface area (Å²) in [4.78, 5) is 2.69. The standard InChI is InChI=1S/C40H42S/c1-3-5-7-9-17-35-33-19-13-14-20-34(33)36(18-10-8-6-4-2)38-28-32(23-24-37(35)38)40-26-25-39(41-40)31-22-21-29-15-11-12-16-30(29)27-31/h11-16,19-28H,3-10,17-18H2,1-2H3. The molecule has 1 heteroatoms. The van der Waals surface area contributed by atoms with Gasteiger partial charge in [-0.2, -0.15) is 0 Å². The lowest BCUT2D eigenvalue weighted by atomic mass is 9.86. The molecule has 0 N–H and O–H groups in total. The lowest BCUT2D eigenvalue weighted by Crippen LogP contribution is -1.98. The Labute approximate surface area is 250 Å². The van der Waals surface area contributed by atoms with Gasteiger partial charge in [-0.15, -0.1) is 11.3 Å². The van der Waals surface area contributed by atoms with Gasteiger partial charge in [-0.05, 0) is 105 Å². The van der Waals surface area contributed by atoms with Crippen LogP contribution in [0.2, 0.25) is 0 Å². The summed E-state index contributed by atoms with van der Waals surface area (Å²) in [6.07, 6.45) is 12.7. The molecule has 0 fully saturated rings. The van der Waals surface area contributed by atoms with Crippen molar-refractivity contribution in [2.24, 2.45) is 0 Å². The summed E-state index contributed by atoms with van der Waals surface area (Å²) >= 11 is 1.91. The summed E-state index contributed by atoms with van der Waals surface area (Å²) in [5.41, 5.74) is 5.75. The van der Waals surface area contributed by atoms with Crippen LogP contribution in [0.4, 0.5) is 0 Å². The molecule has 0 radical (unpaired) electrons. The molecular weight excluding hydrogens is 513 g/mol. The van der Waals surface area contributed by atoms with E-state index in [0.717, 1.165) is 12.8 Å². The van der Waals surface area contributed by atoms with Gasteiger partial charge in [0.1, 0.15) is 0 Å². The molecule has 0 unspecified atom stereocenters. The number of thiophene rings is 1. The van der Waals surface area contributed by atoms with Crippen molar-refractivity contribution >= 4 is 43.7 Å². The van der Waals surface area contributed by atoms with Crippen molar-refractivity contribution in [2.45, 2.75) is 78.1 Å². The largest absolute Gasteiger partial charge is 0.135 e. The monoisotopic (exact) mass is 554 g/mol. The second kappa shape index (κ2) is 13.0. The van der Waals surface area contributed by atoms with Crippen molar-refractivity contribution in [3.05, 3.63) is 108 Å². The molecule has 1 aromatic heterocycles. The van der Waals surface area contributed by atoms with Crippen LogP contribution in [-0.2, 0) is 12.8 Å². The van der Waals surface area contributed by atoms with Crippen molar-refractivity contribution in [2.75, 3.05) is 0 Å². The maximum absolute atomic E-state index is 2.52. The first kappa shape index (κ1) is 27.7. The van der Waals surface area contributed by atoms with E-state index in [1.54, 1.807) is 11.1 Å². The van der Waals surface area contributed by atoms with Crippen LogP contribution in [0.3, 0.4) is 0 Å². The first-order valence-electron chi connectivity index (χ1n) is 15.8. The normalized spacial score (nSPS) is 11.7. The zero-order valence-corrected chi connectivity index (χ0v) is 25.5. The fraction of sp³-hybridized carbons (Fsp3) is 0.300. The van der Waals surface area contributed by atoms with Crippen LogP contribution in [0.15, 0.2) is 97.1 Å². The molecular formula is C40H42S. The quantitative estimate of drug-likeness (QED) is 0.104. The summed E-state index contributed by atoms with van der Waals surface area (Å²) in [6.45, 7) is 4.60. The number of benzene rings is 5. The molecule has 6 aromatic rings. The molecule has 0 aliphatic carbocycles. The Bertz CT molecular complexity index is 1770. The minimum absolute atomic E-state index is 1.16. The minimum atomic E-state index is 1.16. The first-order valence-corrected chi connectivity index (χ1v) is 16.6. The van der Waals surface area contributed by atoms with Crippen LogP contribution in [0.1, 0.15) is 76.3 Å². The third-order valence-electron chi connectivity index (χ3n) is 8.73. The Morgan fingerprint density at radius 2 is 0.976 bits per heavy atom. The second-order valence-corrected chi connectivity index (χ2v) is 12.7. The van der Waals surface area contributed by atoms with Crippen molar-refractivity contribution in [1.82, 2.24) is 0 Å². The highest BCUT2D eigenvalue weighted by Crippen LogP contribution is 2.40. The molecule has 0 aliphatic rings. The Balaban J connectivity index is 1.43. The number of aryl methyl sites for hydroxylation is 2. The molecule has 0 amide bonds. The lowest BCUT2D eigenvalue weighted by molar-refractivity contribution is 0.668. The van der Waals surface area contributed by atoms with Gasteiger partial charge in [0.05, 0.1) is 0 Å². The van der Waals surface area contributed by atoms with Crippen molar-refractivity contribution in [3.8, 4) is 20.9 Å². The number of unbranched alkanes of at least 4 members (excludes halogenated alkanes) is 6. The van der Waals surface area contributed by atoms with Gasteiger partial charge in [0, 0.05) is 9.75 Å². The summed E-state index contributed by atoms with van der Waals surface area (Å²) in [5.74, 6) is 0. The third-order valence-corrected chi connectivity index (χ3v) is 9.92. The van der Waals surface area contributed by atoms with E-state index in [0.29, 0.717) is 0 Å². The van der Waals surface area contributed by atoms with Gasteiger partial charge in [-0.25, -0.2) is 0 Å². The molecule has 0 saturated heterocycles. The molecule has 41 heavy (non-hydrogen) atoms. The zero-order valence-electron chi connectivity index (χ0n) is 24.7. The Morgan fingerprint density at radius 1 is 0.439 bits per heavy atom. The van der Waals surface area contributed by atoms with E-state index in [4.69, 9.17) is 0 Å². The predicted octanol–water partition coefficient (Wildman–Crippen LogP) is 12.8. The topological polar surface area (TPSA) is 0 Å². The van der Waals surface area contributed by atoms with E-state index in [1.165, 1.54) is 105 Å². The van der Waals surface area contributed by atoms with Gasteiger partial charge in [0.25, 0.3) is 0 Å². The van der Waals surface area contributed by atoms with Gasteiger partial charge in [-0.3, -0.25) is 0 Å². The SMILES string of the molecule is CCCCCCc1c2ccccc2c(CCCCCC)c2cc(-c3ccc(-c4ccc5ccccc5c4)s3)ccc12. The maximum Gasteiger partial charge on any atom is 0.0349 e. The molecule has 0 saturated carbocycles. The number of fused-ring (bicyclic) bond motifs is 3. The molecule has 1 heterocycles. The van der Waals surface area contributed by atoms with Crippen LogP contribution in [0, 0.1) is 0 Å². The van der Waals surface area contributed by atoms with Crippen molar-refractivity contribution in [3.63, 3.8) is 0 Å². The highest BCUT2D eigenvalue weighted by Gasteiger charge is 2.15. The Kier molecular flexibility index (Phi) is 8.82. The molecule has 0 aliphatic heterocycles. The van der Waals surface area contributed by atoms with Crippen LogP contribution < -0.4 is 0 Å². The molecule has 0 atom stereocenters. The molecule has 0 bridgehead atoms. The minimum Gasteiger partial charge on any atom is -0.135 e. The smallest absolute Gasteiger partial charge is 0.0349 e.